The lowest BCUT2D eigenvalue weighted by Gasteiger charge is -2.26. The second-order valence-electron chi connectivity index (χ2n) is 6.39. The molecule has 0 saturated carbocycles. The van der Waals surface area contributed by atoms with Crippen LogP contribution < -0.4 is 10.1 Å². The predicted octanol–water partition coefficient (Wildman–Crippen LogP) is 3.66. The van der Waals surface area contributed by atoms with Gasteiger partial charge in [0, 0.05) is 24.2 Å². The molecule has 1 amide bonds. The highest BCUT2D eigenvalue weighted by molar-refractivity contribution is 6.04. The van der Waals surface area contributed by atoms with Gasteiger partial charge in [0.2, 0.25) is 5.91 Å². The summed E-state index contributed by atoms with van der Waals surface area (Å²) in [6.07, 6.45) is 1.83. The summed E-state index contributed by atoms with van der Waals surface area (Å²) >= 11 is 0. The summed E-state index contributed by atoms with van der Waals surface area (Å²) in [4.78, 5) is 24.1. The molecule has 2 N–H and O–H groups in total. The van der Waals surface area contributed by atoms with Gasteiger partial charge in [0.1, 0.15) is 11.3 Å². The molecule has 0 bridgehead atoms. The number of ether oxygens (including phenoxy) is 1. The smallest absolute Gasteiger partial charge is 0.339 e. The molecule has 0 saturated heterocycles. The zero-order valence-corrected chi connectivity index (χ0v) is 14.7. The molecule has 2 aromatic carbocycles. The molecule has 1 atom stereocenters. The summed E-state index contributed by atoms with van der Waals surface area (Å²) in [7, 11) is 1.59. The van der Waals surface area contributed by atoms with Gasteiger partial charge in [-0.05, 0) is 29.8 Å². The van der Waals surface area contributed by atoms with Crippen LogP contribution in [0.25, 0.3) is 5.69 Å². The molecule has 6 nitrogen and oxygen atoms in total. The Labute approximate surface area is 156 Å². The van der Waals surface area contributed by atoms with Gasteiger partial charge >= 0.3 is 5.97 Å². The number of carbonyl (C=O) groups is 2. The van der Waals surface area contributed by atoms with Gasteiger partial charge in [0.15, 0.2) is 0 Å². The number of nitrogens with zero attached hydrogens (tertiary/aromatic N) is 1. The fraction of sp³-hybridized carbons (Fsp3) is 0.143. The average Bonchev–Trinajstić information content (AvgIpc) is 3.07. The van der Waals surface area contributed by atoms with Crippen LogP contribution in [0.2, 0.25) is 0 Å². The van der Waals surface area contributed by atoms with Crippen LogP contribution in [0.5, 0.6) is 5.75 Å². The first-order valence-electron chi connectivity index (χ1n) is 8.56. The van der Waals surface area contributed by atoms with Crippen molar-refractivity contribution in [2.24, 2.45) is 0 Å². The largest absolute Gasteiger partial charge is 0.497 e. The highest BCUT2D eigenvalue weighted by atomic mass is 16.5. The molecular formula is C21H18N2O4. The number of hydrogen-bond acceptors (Lipinski definition) is 3. The third-order valence-corrected chi connectivity index (χ3v) is 4.81. The van der Waals surface area contributed by atoms with E-state index >= 15 is 0 Å². The molecule has 4 rings (SSSR count). The standard InChI is InChI=1S/C21H18N2O4/c1-27-15-9-7-14(8-10-15)23-12-17(21(25)26)19-20(23)16(11-18(24)22-19)13-5-3-2-4-6-13/h2-10,12,16H,11H2,1H3,(H,22,24)(H,25,26)/t16-/m0/s1. The number of fused-ring (bicyclic) bond motifs is 1. The number of benzene rings is 2. The number of carboxylic acid groups (broad SMARTS) is 1. The van der Waals surface area contributed by atoms with Crippen LogP contribution in [0.4, 0.5) is 5.69 Å². The molecule has 1 aromatic heterocycles. The molecule has 0 aliphatic carbocycles. The minimum atomic E-state index is -1.08. The molecule has 1 aliphatic rings. The van der Waals surface area contributed by atoms with Crippen LogP contribution in [0.1, 0.15) is 34.0 Å². The Hall–Kier alpha value is -3.54. The Kier molecular flexibility index (Phi) is 4.16. The first-order valence-corrected chi connectivity index (χ1v) is 8.56. The van der Waals surface area contributed by atoms with Crippen molar-refractivity contribution in [2.45, 2.75) is 12.3 Å². The summed E-state index contributed by atoms with van der Waals surface area (Å²) in [5.74, 6) is -0.782. The van der Waals surface area contributed by atoms with Gasteiger partial charge in [-0.1, -0.05) is 30.3 Å². The third-order valence-electron chi connectivity index (χ3n) is 4.81. The number of aromatic carboxylic acids is 1. The van der Waals surface area contributed by atoms with E-state index in [1.165, 1.54) is 0 Å². The highest BCUT2D eigenvalue weighted by Crippen LogP contribution is 2.41. The molecule has 6 heteroatoms. The zero-order valence-electron chi connectivity index (χ0n) is 14.7. The number of hydrogen-bond donors (Lipinski definition) is 2. The fourth-order valence-corrected chi connectivity index (χ4v) is 3.55. The summed E-state index contributed by atoms with van der Waals surface area (Å²) in [6, 6.07) is 17.0. The normalized spacial score (nSPS) is 15.7. The topological polar surface area (TPSA) is 80.6 Å². The van der Waals surface area contributed by atoms with Crippen molar-refractivity contribution in [1.82, 2.24) is 4.57 Å². The number of anilines is 1. The molecule has 1 aliphatic heterocycles. The van der Waals surface area contributed by atoms with Gasteiger partial charge in [0.25, 0.3) is 0 Å². The first kappa shape index (κ1) is 16.9. The maximum absolute atomic E-state index is 12.3. The van der Waals surface area contributed by atoms with Crippen molar-refractivity contribution in [3.63, 3.8) is 0 Å². The highest BCUT2D eigenvalue weighted by Gasteiger charge is 2.34. The van der Waals surface area contributed by atoms with Gasteiger partial charge in [0.05, 0.1) is 18.5 Å². The number of methoxy groups -OCH3 is 1. The summed E-state index contributed by atoms with van der Waals surface area (Å²) in [6.45, 7) is 0. The molecule has 0 fully saturated rings. The van der Waals surface area contributed by atoms with Crippen molar-refractivity contribution in [1.29, 1.82) is 0 Å². The third kappa shape index (κ3) is 2.95. The van der Waals surface area contributed by atoms with Crippen LogP contribution in [-0.4, -0.2) is 28.7 Å². The Morgan fingerprint density at radius 3 is 2.48 bits per heavy atom. The lowest BCUT2D eigenvalue weighted by atomic mass is 9.88. The van der Waals surface area contributed by atoms with Gasteiger partial charge < -0.3 is 19.7 Å². The van der Waals surface area contributed by atoms with Crippen molar-refractivity contribution in [2.75, 3.05) is 12.4 Å². The van der Waals surface area contributed by atoms with E-state index in [0.29, 0.717) is 11.4 Å². The van der Waals surface area contributed by atoms with Gasteiger partial charge in [-0.2, -0.15) is 0 Å². The first-order chi connectivity index (χ1) is 13.1. The predicted molar refractivity (Wildman–Crippen MR) is 101 cm³/mol. The van der Waals surface area contributed by atoms with Gasteiger partial charge in [-0.25, -0.2) is 4.79 Å². The van der Waals surface area contributed by atoms with E-state index in [9.17, 15) is 14.7 Å². The van der Waals surface area contributed by atoms with Crippen LogP contribution in [0, 0.1) is 0 Å². The molecule has 2 heterocycles. The summed E-state index contributed by atoms with van der Waals surface area (Å²) < 4.78 is 7.05. The molecule has 0 unspecified atom stereocenters. The van der Waals surface area contributed by atoms with Crippen molar-refractivity contribution >= 4 is 17.6 Å². The molecule has 0 spiro atoms. The number of amides is 1. The second-order valence-corrected chi connectivity index (χ2v) is 6.39. The second kappa shape index (κ2) is 6.64. The fourth-order valence-electron chi connectivity index (χ4n) is 3.55. The molecule has 27 heavy (non-hydrogen) atoms. The van der Waals surface area contributed by atoms with E-state index < -0.39 is 5.97 Å². The number of carbonyl (C=O) groups excluding carboxylic acids is 1. The Bertz CT molecular complexity index is 1010. The number of carboxylic acids is 1. The van der Waals surface area contributed by atoms with Crippen LogP contribution >= 0.6 is 0 Å². The lowest BCUT2D eigenvalue weighted by molar-refractivity contribution is -0.116. The lowest BCUT2D eigenvalue weighted by Crippen LogP contribution is -2.25. The molecular weight excluding hydrogens is 344 g/mol. The number of aromatic nitrogens is 1. The molecule has 136 valence electrons. The van der Waals surface area contributed by atoms with E-state index in [0.717, 1.165) is 16.9 Å². The average molecular weight is 362 g/mol. The van der Waals surface area contributed by atoms with Crippen LogP contribution in [0.15, 0.2) is 60.8 Å². The van der Waals surface area contributed by atoms with E-state index in [1.54, 1.807) is 13.3 Å². The SMILES string of the molecule is COc1ccc(-n2cc(C(=O)O)c3c2[C@H](c2ccccc2)CC(=O)N3)cc1. The van der Waals surface area contributed by atoms with Crippen molar-refractivity contribution < 1.29 is 19.4 Å². The zero-order chi connectivity index (χ0) is 19.0. The Morgan fingerprint density at radius 2 is 1.85 bits per heavy atom. The maximum atomic E-state index is 12.3. The minimum absolute atomic E-state index is 0.0785. The quantitative estimate of drug-likeness (QED) is 0.742. The number of rotatable bonds is 4. The maximum Gasteiger partial charge on any atom is 0.339 e. The summed E-state index contributed by atoms with van der Waals surface area (Å²) in [5, 5.41) is 12.4. The Morgan fingerprint density at radius 1 is 1.15 bits per heavy atom. The van der Waals surface area contributed by atoms with Gasteiger partial charge in [-0.15, -0.1) is 0 Å². The Balaban J connectivity index is 1.94. The van der Waals surface area contributed by atoms with E-state index in [-0.39, 0.29) is 23.8 Å². The van der Waals surface area contributed by atoms with E-state index in [2.05, 4.69) is 5.32 Å². The van der Waals surface area contributed by atoms with Crippen molar-refractivity contribution in [3.8, 4) is 11.4 Å². The van der Waals surface area contributed by atoms with E-state index in [4.69, 9.17) is 4.74 Å². The van der Waals surface area contributed by atoms with Gasteiger partial charge in [-0.3, -0.25) is 4.79 Å². The molecule has 0 radical (unpaired) electrons. The molecule has 3 aromatic rings. The summed E-state index contributed by atoms with van der Waals surface area (Å²) in [5.41, 5.74) is 2.98. The van der Waals surface area contributed by atoms with Crippen LogP contribution in [-0.2, 0) is 4.79 Å². The monoisotopic (exact) mass is 362 g/mol. The van der Waals surface area contributed by atoms with Crippen molar-refractivity contribution in [3.05, 3.63) is 77.6 Å². The van der Waals surface area contributed by atoms with E-state index in [1.807, 2.05) is 59.2 Å². The minimum Gasteiger partial charge on any atom is -0.497 e. The van der Waals surface area contributed by atoms with Crippen LogP contribution in [0.3, 0.4) is 0 Å². The number of nitrogens with one attached hydrogen (secondary N) is 1.